The second-order valence-electron chi connectivity index (χ2n) is 4.77. The van der Waals surface area contributed by atoms with Gasteiger partial charge in [-0.15, -0.1) is 0 Å². The van der Waals surface area contributed by atoms with Crippen molar-refractivity contribution >= 4 is 5.69 Å². The fourth-order valence-electron chi connectivity index (χ4n) is 2.25. The minimum atomic E-state index is -0.370. The quantitative estimate of drug-likeness (QED) is 0.615. The van der Waals surface area contributed by atoms with E-state index in [0.29, 0.717) is 5.92 Å². The van der Waals surface area contributed by atoms with Crippen molar-refractivity contribution in [2.45, 2.75) is 19.4 Å². The molecule has 1 aromatic rings. The van der Waals surface area contributed by atoms with E-state index in [1.54, 1.807) is 12.1 Å². The van der Waals surface area contributed by atoms with Crippen LogP contribution in [0.2, 0.25) is 0 Å². The summed E-state index contributed by atoms with van der Waals surface area (Å²) in [4.78, 5) is 10.1. The summed E-state index contributed by atoms with van der Waals surface area (Å²) in [6, 6.07) is 6.73. The smallest absolute Gasteiger partial charge is 0.269 e. The molecule has 0 amide bonds. The van der Waals surface area contributed by atoms with Crippen LogP contribution in [0.5, 0.6) is 0 Å². The first-order valence-electron chi connectivity index (χ1n) is 6.40. The van der Waals surface area contributed by atoms with Gasteiger partial charge in [-0.3, -0.25) is 10.1 Å². The van der Waals surface area contributed by atoms with Crippen LogP contribution >= 0.6 is 0 Å². The number of rotatable bonds is 5. The molecule has 1 saturated heterocycles. The number of hydrogen-bond acceptors (Lipinski definition) is 4. The van der Waals surface area contributed by atoms with Gasteiger partial charge in [-0.2, -0.15) is 0 Å². The molecule has 5 nitrogen and oxygen atoms in total. The van der Waals surface area contributed by atoms with Gasteiger partial charge >= 0.3 is 0 Å². The molecule has 2 N–H and O–H groups in total. The Labute approximate surface area is 107 Å². The number of benzene rings is 1. The Morgan fingerprint density at radius 3 is 2.78 bits per heavy atom. The molecule has 0 spiro atoms. The van der Waals surface area contributed by atoms with E-state index in [9.17, 15) is 10.1 Å². The zero-order chi connectivity index (χ0) is 12.8. The highest BCUT2D eigenvalue weighted by Crippen LogP contribution is 2.12. The van der Waals surface area contributed by atoms with Crippen molar-refractivity contribution in [3.05, 3.63) is 39.9 Å². The molecule has 1 aromatic carbocycles. The second kappa shape index (κ2) is 6.47. The fourth-order valence-corrected chi connectivity index (χ4v) is 2.25. The van der Waals surface area contributed by atoms with E-state index in [1.807, 2.05) is 12.1 Å². The molecular formula is C13H19N3O2. The summed E-state index contributed by atoms with van der Waals surface area (Å²) in [6.45, 7) is 4.00. The van der Waals surface area contributed by atoms with Crippen LogP contribution in [0.4, 0.5) is 5.69 Å². The van der Waals surface area contributed by atoms with Crippen LogP contribution in [0.1, 0.15) is 18.4 Å². The van der Waals surface area contributed by atoms with Gasteiger partial charge in [0.25, 0.3) is 5.69 Å². The highest BCUT2D eigenvalue weighted by atomic mass is 16.6. The lowest BCUT2D eigenvalue weighted by molar-refractivity contribution is -0.384. The molecule has 1 aliphatic rings. The van der Waals surface area contributed by atoms with Gasteiger partial charge in [0.15, 0.2) is 0 Å². The van der Waals surface area contributed by atoms with Gasteiger partial charge in [0, 0.05) is 18.7 Å². The molecular weight excluding hydrogens is 230 g/mol. The van der Waals surface area contributed by atoms with E-state index >= 15 is 0 Å². The standard InChI is InChI=1S/C13H19N3O2/c17-16(18)13-5-3-11(4-6-13)8-15-10-12-2-1-7-14-9-12/h3-6,12,14-15H,1-2,7-10H2. The van der Waals surface area contributed by atoms with Crippen molar-refractivity contribution < 1.29 is 4.92 Å². The number of nitro benzene ring substituents is 1. The molecule has 1 fully saturated rings. The molecule has 0 radical (unpaired) electrons. The van der Waals surface area contributed by atoms with Crippen LogP contribution in [0.15, 0.2) is 24.3 Å². The summed E-state index contributed by atoms with van der Waals surface area (Å²) >= 11 is 0. The first kappa shape index (κ1) is 13.0. The molecule has 0 aromatic heterocycles. The van der Waals surface area contributed by atoms with Gasteiger partial charge in [-0.1, -0.05) is 12.1 Å². The number of nitrogens with zero attached hydrogens (tertiary/aromatic N) is 1. The Bertz CT molecular complexity index is 386. The maximum absolute atomic E-state index is 10.5. The van der Waals surface area contributed by atoms with Crippen molar-refractivity contribution in [1.29, 1.82) is 0 Å². The van der Waals surface area contributed by atoms with Crippen LogP contribution in [0.3, 0.4) is 0 Å². The fraction of sp³-hybridized carbons (Fsp3) is 0.538. The molecule has 0 aliphatic carbocycles. The van der Waals surface area contributed by atoms with Crippen LogP contribution < -0.4 is 10.6 Å². The van der Waals surface area contributed by atoms with Gasteiger partial charge in [-0.25, -0.2) is 0 Å². The van der Waals surface area contributed by atoms with Gasteiger partial charge in [0.05, 0.1) is 4.92 Å². The van der Waals surface area contributed by atoms with E-state index in [-0.39, 0.29) is 10.6 Å². The number of nitrogens with one attached hydrogen (secondary N) is 2. The minimum absolute atomic E-state index is 0.148. The molecule has 18 heavy (non-hydrogen) atoms. The first-order chi connectivity index (χ1) is 8.75. The van der Waals surface area contributed by atoms with Crippen molar-refractivity contribution in [2.75, 3.05) is 19.6 Å². The van der Waals surface area contributed by atoms with Crippen molar-refractivity contribution in [3.63, 3.8) is 0 Å². The van der Waals surface area contributed by atoms with Crippen LogP contribution in [0, 0.1) is 16.0 Å². The van der Waals surface area contributed by atoms with Crippen molar-refractivity contribution in [2.24, 2.45) is 5.92 Å². The molecule has 0 saturated carbocycles. The topological polar surface area (TPSA) is 67.2 Å². The molecule has 5 heteroatoms. The monoisotopic (exact) mass is 249 g/mol. The lowest BCUT2D eigenvalue weighted by atomic mass is 10.00. The van der Waals surface area contributed by atoms with Gasteiger partial charge in [0.1, 0.15) is 0 Å². The average molecular weight is 249 g/mol. The largest absolute Gasteiger partial charge is 0.316 e. The number of non-ortho nitro benzene ring substituents is 1. The molecule has 1 atom stereocenters. The predicted molar refractivity (Wildman–Crippen MR) is 70.4 cm³/mol. The summed E-state index contributed by atoms with van der Waals surface area (Å²) in [5.41, 5.74) is 1.24. The molecule has 2 rings (SSSR count). The average Bonchev–Trinajstić information content (AvgIpc) is 2.40. The lowest BCUT2D eigenvalue weighted by Crippen LogP contribution is -2.35. The third-order valence-corrected chi connectivity index (χ3v) is 3.31. The second-order valence-corrected chi connectivity index (χ2v) is 4.77. The third kappa shape index (κ3) is 3.78. The van der Waals surface area contributed by atoms with Crippen LogP contribution in [-0.4, -0.2) is 24.6 Å². The highest BCUT2D eigenvalue weighted by Gasteiger charge is 2.12. The summed E-state index contributed by atoms with van der Waals surface area (Å²) in [7, 11) is 0. The Kier molecular flexibility index (Phi) is 4.66. The molecule has 1 aliphatic heterocycles. The maximum Gasteiger partial charge on any atom is 0.269 e. The third-order valence-electron chi connectivity index (χ3n) is 3.31. The van der Waals surface area contributed by atoms with Crippen LogP contribution in [0.25, 0.3) is 0 Å². The Hall–Kier alpha value is -1.46. The zero-order valence-electron chi connectivity index (χ0n) is 10.4. The van der Waals surface area contributed by atoms with Gasteiger partial charge < -0.3 is 10.6 Å². The minimum Gasteiger partial charge on any atom is -0.316 e. The van der Waals surface area contributed by atoms with E-state index in [4.69, 9.17) is 0 Å². The summed E-state index contributed by atoms with van der Waals surface area (Å²) in [5, 5.41) is 17.3. The summed E-state index contributed by atoms with van der Waals surface area (Å²) in [5.74, 6) is 0.705. The van der Waals surface area contributed by atoms with Crippen LogP contribution in [-0.2, 0) is 6.54 Å². The maximum atomic E-state index is 10.5. The van der Waals surface area contributed by atoms with Crippen molar-refractivity contribution in [3.8, 4) is 0 Å². The SMILES string of the molecule is O=[N+]([O-])c1ccc(CNCC2CCCNC2)cc1. The molecule has 1 unspecified atom stereocenters. The molecule has 0 bridgehead atoms. The predicted octanol–water partition coefficient (Wildman–Crippen LogP) is 1.68. The molecule has 98 valence electrons. The lowest BCUT2D eigenvalue weighted by Gasteiger charge is -2.22. The van der Waals surface area contributed by atoms with E-state index in [0.717, 1.165) is 31.7 Å². The Balaban J connectivity index is 1.74. The normalized spacial score (nSPS) is 19.7. The van der Waals surface area contributed by atoms with E-state index < -0.39 is 0 Å². The Morgan fingerprint density at radius 2 is 2.17 bits per heavy atom. The zero-order valence-corrected chi connectivity index (χ0v) is 10.4. The van der Waals surface area contributed by atoms with E-state index in [2.05, 4.69) is 10.6 Å². The Morgan fingerprint density at radius 1 is 1.39 bits per heavy atom. The first-order valence-corrected chi connectivity index (χ1v) is 6.40. The number of nitro groups is 1. The number of piperidine rings is 1. The summed E-state index contributed by atoms with van der Waals surface area (Å²) in [6.07, 6.45) is 2.53. The summed E-state index contributed by atoms with van der Waals surface area (Å²) < 4.78 is 0. The van der Waals surface area contributed by atoms with Crippen molar-refractivity contribution in [1.82, 2.24) is 10.6 Å². The van der Waals surface area contributed by atoms with Gasteiger partial charge in [-0.05, 0) is 44.0 Å². The van der Waals surface area contributed by atoms with E-state index in [1.165, 1.54) is 12.8 Å². The highest BCUT2D eigenvalue weighted by molar-refractivity contribution is 5.32. The van der Waals surface area contributed by atoms with Gasteiger partial charge in [0.2, 0.25) is 0 Å². The number of hydrogen-bond donors (Lipinski definition) is 2. The molecule has 1 heterocycles.